The van der Waals surface area contributed by atoms with Gasteiger partial charge in [0, 0.05) is 49.4 Å². The van der Waals surface area contributed by atoms with Crippen LogP contribution in [0, 0.1) is 0 Å². The predicted molar refractivity (Wildman–Crippen MR) is 135 cm³/mol. The summed E-state index contributed by atoms with van der Waals surface area (Å²) in [7, 11) is 1.70. The van der Waals surface area contributed by atoms with E-state index in [2.05, 4.69) is 15.3 Å². The third-order valence-corrected chi connectivity index (χ3v) is 6.47. The summed E-state index contributed by atoms with van der Waals surface area (Å²) in [6.45, 7) is 4.85. The van der Waals surface area contributed by atoms with Crippen molar-refractivity contribution in [3.8, 4) is 17.1 Å². The highest BCUT2D eigenvalue weighted by molar-refractivity contribution is 5.63. The Balaban J connectivity index is 1.61. The van der Waals surface area contributed by atoms with Crippen LogP contribution in [0.3, 0.4) is 0 Å². The number of fused-ring (bicyclic) bond motifs is 1. The summed E-state index contributed by atoms with van der Waals surface area (Å²) in [4.78, 5) is 26.5. The lowest BCUT2D eigenvalue weighted by molar-refractivity contribution is -0.136. The SMILES string of the molecule is CCN(C=O)C(C)c1cc(-c2cn3ccnc3c(OCCCCC[C@H](CCC(F)(F)F)NC)n2)ccn1. The molecule has 0 saturated carbocycles. The first-order chi connectivity index (χ1) is 17.8. The van der Waals surface area contributed by atoms with Crippen molar-refractivity contribution in [3.05, 3.63) is 42.6 Å². The Morgan fingerprint density at radius 3 is 2.70 bits per heavy atom. The number of alkyl halides is 3. The Morgan fingerprint density at radius 1 is 1.19 bits per heavy atom. The lowest BCUT2D eigenvalue weighted by Crippen LogP contribution is -2.27. The minimum absolute atomic E-state index is 0.0895. The second-order valence-electron chi connectivity index (χ2n) is 9.01. The Labute approximate surface area is 215 Å². The van der Waals surface area contributed by atoms with Crippen LogP contribution in [-0.2, 0) is 4.79 Å². The minimum atomic E-state index is -4.12. The molecule has 2 atom stereocenters. The lowest BCUT2D eigenvalue weighted by atomic mass is 10.0. The fourth-order valence-corrected chi connectivity index (χ4v) is 4.19. The number of carbonyl (C=O) groups excluding carboxylic acids is 1. The van der Waals surface area contributed by atoms with Gasteiger partial charge in [0.05, 0.1) is 24.0 Å². The predicted octanol–water partition coefficient (Wildman–Crippen LogP) is 5.20. The topological polar surface area (TPSA) is 84.7 Å². The number of ether oxygens (including phenoxy) is 1. The maximum Gasteiger partial charge on any atom is 0.389 e. The molecule has 0 spiro atoms. The highest BCUT2D eigenvalue weighted by Gasteiger charge is 2.27. The van der Waals surface area contributed by atoms with Gasteiger partial charge in [0.2, 0.25) is 12.1 Å². The second kappa shape index (κ2) is 13.4. The molecule has 0 bridgehead atoms. The van der Waals surface area contributed by atoms with Crippen molar-refractivity contribution < 1.29 is 22.7 Å². The normalized spacial score (nSPS) is 13.5. The molecule has 1 unspecified atom stereocenters. The van der Waals surface area contributed by atoms with Gasteiger partial charge in [0.15, 0.2) is 0 Å². The number of pyridine rings is 1. The molecule has 0 aromatic carbocycles. The number of rotatable bonds is 15. The molecule has 0 saturated heterocycles. The fourth-order valence-electron chi connectivity index (χ4n) is 4.19. The van der Waals surface area contributed by atoms with Crippen LogP contribution in [-0.4, -0.2) is 63.1 Å². The van der Waals surface area contributed by atoms with Crippen LogP contribution in [0.1, 0.15) is 64.1 Å². The van der Waals surface area contributed by atoms with Crippen molar-refractivity contribution in [3.63, 3.8) is 0 Å². The van der Waals surface area contributed by atoms with Gasteiger partial charge < -0.3 is 19.4 Å². The molecule has 8 nitrogen and oxygen atoms in total. The number of halogens is 3. The van der Waals surface area contributed by atoms with E-state index in [-0.39, 0.29) is 18.5 Å². The minimum Gasteiger partial charge on any atom is -0.475 e. The molecule has 3 heterocycles. The average Bonchev–Trinajstić information content (AvgIpc) is 3.37. The molecule has 0 aliphatic carbocycles. The first-order valence-electron chi connectivity index (χ1n) is 12.6. The lowest BCUT2D eigenvalue weighted by Gasteiger charge is -2.23. The van der Waals surface area contributed by atoms with E-state index in [1.54, 1.807) is 24.3 Å². The molecule has 3 aromatic rings. The monoisotopic (exact) mass is 520 g/mol. The maximum absolute atomic E-state index is 12.5. The molecule has 1 N–H and O–H groups in total. The molecule has 202 valence electrons. The van der Waals surface area contributed by atoms with Crippen LogP contribution >= 0.6 is 0 Å². The van der Waals surface area contributed by atoms with E-state index in [4.69, 9.17) is 9.72 Å². The van der Waals surface area contributed by atoms with Crippen LogP contribution in [0.5, 0.6) is 5.88 Å². The summed E-state index contributed by atoms with van der Waals surface area (Å²) in [6, 6.07) is 3.46. The number of hydrogen-bond donors (Lipinski definition) is 1. The van der Waals surface area contributed by atoms with Crippen LogP contribution < -0.4 is 10.1 Å². The van der Waals surface area contributed by atoms with E-state index in [0.29, 0.717) is 36.8 Å². The maximum atomic E-state index is 12.5. The molecule has 0 radical (unpaired) electrons. The summed E-state index contributed by atoms with van der Waals surface area (Å²) in [5.74, 6) is 0.412. The van der Waals surface area contributed by atoms with Gasteiger partial charge >= 0.3 is 6.18 Å². The third kappa shape index (κ3) is 8.14. The van der Waals surface area contributed by atoms with Crippen LogP contribution in [0.15, 0.2) is 36.9 Å². The Morgan fingerprint density at radius 2 is 2.00 bits per heavy atom. The summed E-state index contributed by atoms with van der Waals surface area (Å²) in [5.41, 5.74) is 2.90. The molecule has 0 fully saturated rings. The van der Waals surface area contributed by atoms with Crippen molar-refractivity contribution in [1.82, 2.24) is 29.6 Å². The zero-order valence-electron chi connectivity index (χ0n) is 21.5. The average molecular weight is 521 g/mol. The van der Waals surface area contributed by atoms with Crippen molar-refractivity contribution >= 4 is 12.1 Å². The molecule has 0 aliphatic heterocycles. The fraction of sp³-hybridized carbons (Fsp3) is 0.538. The molecular formula is C26H35F3N6O2. The van der Waals surface area contributed by atoms with Gasteiger partial charge in [0.1, 0.15) is 0 Å². The Bertz CT molecular complexity index is 1140. The van der Waals surface area contributed by atoms with Gasteiger partial charge in [-0.3, -0.25) is 9.78 Å². The van der Waals surface area contributed by atoms with Crippen LogP contribution in [0.2, 0.25) is 0 Å². The van der Waals surface area contributed by atoms with E-state index in [1.807, 2.05) is 42.8 Å². The Hall–Kier alpha value is -3.21. The summed E-state index contributed by atoms with van der Waals surface area (Å²) < 4.78 is 45.2. The molecular weight excluding hydrogens is 485 g/mol. The quantitative estimate of drug-likeness (QED) is 0.219. The molecule has 11 heteroatoms. The van der Waals surface area contributed by atoms with Crippen molar-refractivity contribution in [1.29, 1.82) is 0 Å². The Kier molecular flexibility index (Phi) is 10.2. The van der Waals surface area contributed by atoms with Crippen molar-refractivity contribution in [2.45, 2.75) is 70.6 Å². The molecule has 0 aliphatic rings. The van der Waals surface area contributed by atoms with Gasteiger partial charge in [-0.1, -0.05) is 12.8 Å². The number of nitrogens with zero attached hydrogens (tertiary/aromatic N) is 5. The number of amides is 1. The zero-order valence-corrected chi connectivity index (χ0v) is 21.5. The van der Waals surface area contributed by atoms with E-state index in [9.17, 15) is 18.0 Å². The highest BCUT2D eigenvalue weighted by atomic mass is 19.4. The van der Waals surface area contributed by atoms with Gasteiger partial charge in [-0.25, -0.2) is 9.97 Å². The smallest absolute Gasteiger partial charge is 0.389 e. The third-order valence-electron chi connectivity index (χ3n) is 6.47. The number of unbranched alkanes of at least 4 members (excludes halogenated alkanes) is 2. The van der Waals surface area contributed by atoms with E-state index < -0.39 is 12.6 Å². The van der Waals surface area contributed by atoms with Crippen molar-refractivity contribution in [2.75, 3.05) is 20.2 Å². The molecule has 1 amide bonds. The van der Waals surface area contributed by atoms with E-state index in [0.717, 1.165) is 36.9 Å². The standard InChI is InChI=1S/C26H35F3N6O2/c1-4-34(18-36)19(2)22-16-20(10-12-31-22)23-17-35-14-13-32-24(35)25(33-23)37-15-7-5-6-8-21(30-3)9-11-26(27,28)29/h10,12-14,16-19,21,30H,4-9,11,15H2,1-3H3/t19?,21-/m1/s1. The summed E-state index contributed by atoms with van der Waals surface area (Å²) in [6.07, 6.45) is 6.18. The number of hydrogen-bond acceptors (Lipinski definition) is 6. The molecule has 3 aromatic heterocycles. The van der Waals surface area contributed by atoms with Gasteiger partial charge in [-0.15, -0.1) is 0 Å². The van der Waals surface area contributed by atoms with Gasteiger partial charge in [-0.05, 0) is 52.3 Å². The first kappa shape index (κ1) is 28.4. The largest absolute Gasteiger partial charge is 0.475 e. The zero-order chi connectivity index (χ0) is 26.8. The molecule has 37 heavy (non-hydrogen) atoms. The van der Waals surface area contributed by atoms with Gasteiger partial charge in [-0.2, -0.15) is 13.2 Å². The number of carbonyl (C=O) groups is 1. The number of nitrogens with one attached hydrogen (secondary N) is 1. The molecule has 3 rings (SSSR count). The first-order valence-corrected chi connectivity index (χ1v) is 12.6. The highest BCUT2D eigenvalue weighted by Crippen LogP contribution is 2.27. The second-order valence-corrected chi connectivity index (χ2v) is 9.01. The summed E-state index contributed by atoms with van der Waals surface area (Å²) >= 11 is 0. The number of imidazole rings is 1. The van der Waals surface area contributed by atoms with E-state index >= 15 is 0 Å². The van der Waals surface area contributed by atoms with Crippen LogP contribution in [0.4, 0.5) is 13.2 Å². The van der Waals surface area contributed by atoms with E-state index in [1.165, 1.54) is 0 Å². The number of aromatic nitrogens is 4. The summed E-state index contributed by atoms with van der Waals surface area (Å²) in [5, 5.41) is 2.98. The van der Waals surface area contributed by atoms with Gasteiger partial charge in [0.25, 0.3) is 5.88 Å². The van der Waals surface area contributed by atoms with Crippen LogP contribution in [0.25, 0.3) is 16.9 Å². The van der Waals surface area contributed by atoms with Crippen molar-refractivity contribution in [2.24, 2.45) is 0 Å².